The van der Waals surface area contributed by atoms with Gasteiger partial charge >= 0.3 is 0 Å². The number of hydrogen-bond acceptors (Lipinski definition) is 3. The first-order valence-electron chi connectivity index (χ1n) is 19.3. The molecule has 264 valence electrons. The zero-order valence-corrected chi connectivity index (χ0v) is 30.7. The minimum atomic E-state index is -0.370. The molecule has 0 N–H and O–H groups in total. The summed E-state index contributed by atoms with van der Waals surface area (Å²) in [4.78, 5) is 10.4. The summed E-state index contributed by atoms with van der Waals surface area (Å²) >= 11 is 0. The molecule has 0 saturated heterocycles. The lowest BCUT2D eigenvalue weighted by atomic mass is 9.67. The lowest BCUT2D eigenvalue weighted by Crippen LogP contribution is -2.32. The molecular weight excluding hydrogens is 681 g/mol. The zero-order chi connectivity index (χ0) is 37.1. The zero-order valence-electron chi connectivity index (χ0n) is 30.7. The first-order valence-corrected chi connectivity index (χ1v) is 19.3. The summed E-state index contributed by atoms with van der Waals surface area (Å²) < 4.78 is 6.45. The van der Waals surface area contributed by atoms with Crippen LogP contribution in [0.3, 0.4) is 0 Å². The molecule has 3 nitrogen and oxygen atoms in total. The molecule has 1 aliphatic heterocycles. The molecule has 0 fully saturated rings. The van der Waals surface area contributed by atoms with Gasteiger partial charge in [0.2, 0.25) is 0 Å². The van der Waals surface area contributed by atoms with E-state index in [2.05, 4.69) is 188 Å². The van der Waals surface area contributed by atoms with E-state index in [-0.39, 0.29) is 5.41 Å². The van der Waals surface area contributed by atoms with Gasteiger partial charge in [0, 0.05) is 16.7 Å². The van der Waals surface area contributed by atoms with Gasteiger partial charge in [-0.25, -0.2) is 9.97 Å². The van der Waals surface area contributed by atoms with Crippen LogP contribution in [0.4, 0.5) is 0 Å². The maximum absolute atomic E-state index is 6.45. The van der Waals surface area contributed by atoms with Crippen molar-refractivity contribution in [3.63, 3.8) is 0 Å². The minimum Gasteiger partial charge on any atom is -0.489 e. The van der Waals surface area contributed by atoms with Crippen LogP contribution < -0.4 is 4.74 Å². The minimum absolute atomic E-state index is 0.370. The molecule has 11 rings (SSSR count). The van der Waals surface area contributed by atoms with Crippen LogP contribution in [0, 0.1) is 0 Å². The molecule has 8 aromatic carbocycles. The largest absolute Gasteiger partial charge is 0.489 e. The topological polar surface area (TPSA) is 35.0 Å². The van der Waals surface area contributed by atoms with Crippen molar-refractivity contribution in [1.82, 2.24) is 9.97 Å². The van der Waals surface area contributed by atoms with Crippen molar-refractivity contribution in [3.8, 4) is 61.9 Å². The van der Waals surface area contributed by atoms with Crippen LogP contribution in [-0.4, -0.2) is 9.97 Å². The van der Waals surface area contributed by atoms with Crippen LogP contribution in [-0.2, 0) is 18.4 Å². The fourth-order valence-corrected chi connectivity index (χ4v) is 9.24. The van der Waals surface area contributed by atoms with E-state index >= 15 is 0 Å². The van der Waals surface area contributed by atoms with Crippen molar-refractivity contribution in [2.24, 2.45) is 0 Å². The average molecular weight is 717 g/mol. The van der Waals surface area contributed by atoms with Gasteiger partial charge in [-0.2, -0.15) is 0 Å². The van der Waals surface area contributed by atoms with Crippen LogP contribution >= 0.6 is 0 Å². The van der Waals surface area contributed by atoms with Gasteiger partial charge in [-0.15, -0.1) is 0 Å². The average Bonchev–Trinajstić information content (AvgIpc) is 3.56. The predicted octanol–water partition coefficient (Wildman–Crippen LogP) is 12.7. The van der Waals surface area contributed by atoms with Crippen molar-refractivity contribution < 1.29 is 4.74 Å². The van der Waals surface area contributed by atoms with Crippen LogP contribution in [0.5, 0.6) is 5.75 Å². The molecule has 3 heteroatoms. The summed E-state index contributed by atoms with van der Waals surface area (Å²) in [7, 11) is 0. The monoisotopic (exact) mass is 716 g/mol. The van der Waals surface area contributed by atoms with Gasteiger partial charge in [-0.05, 0) is 79.4 Å². The van der Waals surface area contributed by atoms with E-state index in [1.165, 1.54) is 55.5 Å². The molecule has 2 heterocycles. The van der Waals surface area contributed by atoms with E-state index in [0.717, 1.165) is 51.5 Å². The van der Waals surface area contributed by atoms with Crippen molar-refractivity contribution >= 4 is 10.8 Å². The summed E-state index contributed by atoms with van der Waals surface area (Å²) in [5, 5.41) is 2.31. The molecule has 0 bridgehead atoms. The molecule has 1 spiro atoms. The van der Waals surface area contributed by atoms with Gasteiger partial charge < -0.3 is 4.74 Å². The quantitative estimate of drug-likeness (QED) is 0.182. The van der Waals surface area contributed by atoms with Gasteiger partial charge in [0.05, 0.1) is 16.8 Å². The fraction of sp³-hybridized carbons (Fsp3) is 0.0566. The Hall–Kier alpha value is -7.10. The SMILES string of the molecule is c1ccc(-c2cc(-c3ccc(-c4cccc5c4-c4ccccc4C54Cc5ccccc5OCc5ccccc54)cc3)nc(-c3cccc4ccccc34)n2)cc1. The Balaban J connectivity index is 1.06. The molecule has 0 saturated carbocycles. The smallest absolute Gasteiger partial charge is 0.161 e. The van der Waals surface area contributed by atoms with Crippen molar-refractivity contribution in [1.29, 1.82) is 0 Å². The normalized spacial score (nSPS) is 15.2. The number of benzene rings is 8. The Labute approximate surface area is 326 Å². The Kier molecular flexibility index (Phi) is 7.53. The first-order chi connectivity index (χ1) is 27.7. The summed E-state index contributed by atoms with van der Waals surface area (Å²) in [5.41, 5.74) is 16.0. The van der Waals surface area contributed by atoms with Gasteiger partial charge in [0.1, 0.15) is 12.4 Å². The maximum Gasteiger partial charge on any atom is 0.161 e. The second-order valence-electron chi connectivity index (χ2n) is 14.8. The van der Waals surface area contributed by atoms with Crippen molar-refractivity contribution in [3.05, 3.63) is 222 Å². The Morgan fingerprint density at radius 3 is 1.88 bits per heavy atom. The molecular formula is C53H36N2O. The Morgan fingerprint density at radius 2 is 1.02 bits per heavy atom. The molecule has 0 radical (unpaired) electrons. The summed E-state index contributed by atoms with van der Waals surface area (Å²) in [5.74, 6) is 1.68. The first kappa shape index (κ1) is 32.3. The van der Waals surface area contributed by atoms with Gasteiger partial charge in [0.15, 0.2) is 5.82 Å². The van der Waals surface area contributed by atoms with E-state index < -0.39 is 0 Å². The number of rotatable bonds is 4. The van der Waals surface area contributed by atoms with Gasteiger partial charge in [-0.1, -0.05) is 182 Å². The highest BCUT2D eigenvalue weighted by molar-refractivity contribution is 5.96. The van der Waals surface area contributed by atoms with Gasteiger partial charge in [0.25, 0.3) is 0 Å². The number of para-hydroxylation sites is 1. The van der Waals surface area contributed by atoms with Gasteiger partial charge in [-0.3, -0.25) is 0 Å². The highest BCUT2D eigenvalue weighted by Crippen LogP contribution is 2.58. The molecule has 1 unspecified atom stereocenters. The van der Waals surface area contributed by atoms with E-state index in [1.807, 2.05) is 6.07 Å². The lowest BCUT2D eigenvalue weighted by molar-refractivity contribution is 0.293. The van der Waals surface area contributed by atoms with E-state index in [4.69, 9.17) is 14.7 Å². The fourth-order valence-electron chi connectivity index (χ4n) is 9.24. The lowest BCUT2D eigenvalue weighted by Gasteiger charge is -2.37. The maximum atomic E-state index is 6.45. The highest BCUT2D eigenvalue weighted by Gasteiger charge is 2.47. The summed E-state index contributed by atoms with van der Waals surface area (Å²) in [6.07, 6.45) is 0.809. The molecule has 9 aromatic rings. The molecule has 1 aromatic heterocycles. The van der Waals surface area contributed by atoms with Crippen LogP contribution in [0.25, 0.3) is 66.9 Å². The van der Waals surface area contributed by atoms with Crippen molar-refractivity contribution in [2.45, 2.75) is 18.4 Å². The third-order valence-corrected chi connectivity index (χ3v) is 11.8. The third-order valence-electron chi connectivity index (χ3n) is 11.8. The Morgan fingerprint density at radius 1 is 0.429 bits per heavy atom. The molecule has 1 atom stereocenters. The summed E-state index contributed by atoms with van der Waals surface area (Å²) in [6.45, 7) is 0.533. The molecule has 0 amide bonds. The third kappa shape index (κ3) is 5.12. The highest BCUT2D eigenvalue weighted by atomic mass is 16.5. The number of ether oxygens (including phenoxy) is 1. The van der Waals surface area contributed by atoms with E-state index in [0.29, 0.717) is 6.61 Å². The van der Waals surface area contributed by atoms with Crippen molar-refractivity contribution in [2.75, 3.05) is 0 Å². The Bertz CT molecular complexity index is 2950. The molecule has 56 heavy (non-hydrogen) atoms. The second-order valence-corrected chi connectivity index (χ2v) is 14.8. The number of fused-ring (bicyclic) bond motifs is 9. The van der Waals surface area contributed by atoms with Crippen LogP contribution in [0.15, 0.2) is 194 Å². The molecule has 2 aliphatic rings. The predicted molar refractivity (Wildman–Crippen MR) is 228 cm³/mol. The standard InChI is InChI=1S/C53H36N2O/c1-2-15-37(16-3-1)48-32-49(55-52(54-48)43-23-12-19-35-14-4-7-20-41(35)43)38-30-28-36(29-31-38)42-22-13-26-47-51(42)44-21-8-10-25-46(44)53(47)33-39-17-6-11-27-50(39)56-34-40-18-5-9-24-45(40)53/h1-32H,33-34H2. The van der Waals surface area contributed by atoms with E-state index in [9.17, 15) is 0 Å². The number of aromatic nitrogens is 2. The van der Waals surface area contributed by atoms with Crippen LogP contribution in [0.2, 0.25) is 0 Å². The molecule has 1 aliphatic carbocycles. The van der Waals surface area contributed by atoms with Crippen LogP contribution in [0.1, 0.15) is 27.8 Å². The number of nitrogens with zero attached hydrogens (tertiary/aromatic N) is 2. The second kappa shape index (κ2) is 13.0. The van der Waals surface area contributed by atoms with E-state index in [1.54, 1.807) is 0 Å². The number of hydrogen-bond donors (Lipinski definition) is 0. The summed E-state index contributed by atoms with van der Waals surface area (Å²) in [6, 6.07) is 69.6.